The Morgan fingerprint density at radius 1 is 0.968 bits per heavy atom. The Morgan fingerprint density at radius 3 is 1.94 bits per heavy atom. The molecule has 1 aromatic heterocycles. The molecule has 1 aliphatic rings. The van der Waals surface area contributed by atoms with Crippen molar-refractivity contribution in [1.29, 1.82) is 0 Å². The van der Waals surface area contributed by atoms with E-state index in [4.69, 9.17) is 9.88 Å². The SMILES string of the molecule is Cc1c(S(N)(=O)=O)cc(-c2cc(C(C)(C)C)cc(C(C)(C)C)c2)n1CC1CCOCC1. The van der Waals surface area contributed by atoms with Crippen LogP contribution >= 0.6 is 0 Å². The highest BCUT2D eigenvalue weighted by Gasteiger charge is 2.26. The van der Waals surface area contributed by atoms with E-state index in [-0.39, 0.29) is 15.7 Å². The third-order valence-electron chi connectivity index (χ3n) is 6.37. The van der Waals surface area contributed by atoms with Crippen molar-refractivity contribution >= 4 is 10.0 Å². The fraction of sp³-hybridized carbons (Fsp3) is 0.600. The van der Waals surface area contributed by atoms with Gasteiger partial charge in [-0.15, -0.1) is 0 Å². The van der Waals surface area contributed by atoms with Crippen LogP contribution in [0.5, 0.6) is 0 Å². The number of sulfonamides is 1. The number of nitrogens with zero attached hydrogens (tertiary/aromatic N) is 1. The van der Waals surface area contributed by atoms with Crippen molar-refractivity contribution < 1.29 is 13.2 Å². The van der Waals surface area contributed by atoms with Crippen LogP contribution in [0.15, 0.2) is 29.2 Å². The zero-order valence-electron chi connectivity index (χ0n) is 20.1. The van der Waals surface area contributed by atoms with Crippen LogP contribution < -0.4 is 5.14 Å². The molecular formula is C25H38N2O3S. The highest BCUT2D eigenvalue weighted by Crippen LogP contribution is 2.36. The van der Waals surface area contributed by atoms with Crippen LogP contribution in [0.2, 0.25) is 0 Å². The third kappa shape index (κ3) is 5.41. The average Bonchev–Trinajstić information content (AvgIpc) is 2.97. The minimum absolute atomic E-state index is 0.0219. The van der Waals surface area contributed by atoms with E-state index < -0.39 is 10.0 Å². The number of primary sulfonamides is 1. The van der Waals surface area contributed by atoms with Crippen LogP contribution in [0.3, 0.4) is 0 Å². The van der Waals surface area contributed by atoms with Crippen LogP contribution in [0.4, 0.5) is 0 Å². The van der Waals surface area contributed by atoms with Crippen molar-refractivity contribution in [1.82, 2.24) is 4.57 Å². The number of nitrogens with two attached hydrogens (primary N) is 1. The summed E-state index contributed by atoms with van der Waals surface area (Å²) in [5.41, 5.74) is 5.11. The molecule has 0 atom stereocenters. The lowest BCUT2D eigenvalue weighted by molar-refractivity contribution is 0.0612. The number of hydrogen-bond donors (Lipinski definition) is 1. The fourth-order valence-corrected chi connectivity index (χ4v) is 5.01. The molecule has 2 N–H and O–H groups in total. The van der Waals surface area contributed by atoms with Crippen molar-refractivity contribution in [3.8, 4) is 11.3 Å². The number of rotatable bonds is 4. The third-order valence-corrected chi connectivity index (χ3v) is 7.40. The van der Waals surface area contributed by atoms with Gasteiger partial charge in [0.15, 0.2) is 0 Å². The van der Waals surface area contributed by atoms with E-state index in [0.29, 0.717) is 11.6 Å². The Labute approximate surface area is 188 Å². The van der Waals surface area contributed by atoms with E-state index in [1.807, 2.05) is 6.92 Å². The summed E-state index contributed by atoms with van der Waals surface area (Å²) >= 11 is 0. The monoisotopic (exact) mass is 446 g/mol. The quantitative estimate of drug-likeness (QED) is 0.707. The molecule has 5 nitrogen and oxygen atoms in total. The first-order chi connectivity index (χ1) is 14.2. The first-order valence-corrected chi connectivity index (χ1v) is 12.7. The molecule has 0 unspecified atom stereocenters. The Balaban J connectivity index is 2.23. The molecule has 0 amide bonds. The number of hydrogen-bond acceptors (Lipinski definition) is 3. The molecule has 1 aromatic carbocycles. The first kappa shape index (κ1) is 24.0. The summed E-state index contributed by atoms with van der Waals surface area (Å²) in [6.45, 7) is 17.4. The van der Waals surface area contributed by atoms with Gasteiger partial charge in [-0.2, -0.15) is 0 Å². The lowest BCUT2D eigenvalue weighted by Crippen LogP contribution is -2.22. The predicted octanol–water partition coefficient (Wildman–Crippen LogP) is 5.13. The van der Waals surface area contributed by atoms with E-state index in [2.05, 4.69) is 64.3 Å². The topological polar surface area (TPSA) is 74.3 Å². The van der Waals surface area contributed by atoms with Gasteiger partial charge in [0.2, 0.25) is 10.0 Å². The van der Waals surface area contributed by atoms with Crippen molar-refractivity contribution in [2.24, 2.45) is 11.1 Å². The second-order valence-corrected chi connectivity index (χ2v) is 12.5. The van der Waals surface area contributed by atoms with Gasteiger partial charge in [-0.05, 0) is 71.4 Å². The van der Waals surface area contributed by atoms with Crippen molar-refractivity contribution in [2.75, 3.05) is 13.2 Å². The van der Waals surface area contributed by atoms with Gasteiger partial charge in [-0.1, -0.05) is 47.6 Å². The minimum Gasteiger partial charge on any atom is -0.381 e. The molecule has 1 fully saturated rings. The molecular weight excluding hydrogens is 408 g/mol. The Kier molecular flexibility index (Phi) is 6.49. The minimum atomic E-state index is -3.81. The molecule has 0 radical (unpaired) electrons. The fourth-order valence-electron chi connectivity index (χ4n) is 4.21. The van der Waals surface area contributed by atoms with Crippen LogP contribution in [-0.4, -0.2) is 26.2 Å². The van der Waals surface area contributed by atoms with Gasteiger partial charge in [-0.25, -0.2) is 13.6 Å². The molecule has 0 aliphatic carbocycles. The molecule has 172 valence electrons. The van der Waals surface area contributed by atoms with Gasteiger partial charge >= 0.3 is 0 Å². The van der Waals surface area contributed by atoms with Gasteiger partial charge in [0.05, 0.1) is 0 Å². The molecule has 2 heterocycles. The van der Waals surface area contributed by atoms with Gasteiger partial charge in [0.1, 0.15) is 4.90 Å². The number of aromatic nitrogens is 1. The van der Waals surface area contributed by atoms with E-state index >= 15 is 0 Å². The smallest absolute Gasteiger partial charge is 0.239 e. The molecule has 3 rings (SSSR count). The van der Waals surface area contributed by atoms with Crippen LogP contribution in [0.25, 0.3) is 11.3 Å². The van der Waals surface area contributed by atoms with Gasteiger partial charge in [-0.3, -0.25) is 0 Å². The number of ether oxygens (including phenoxy) is 1. The Hall–Kier alpha value is -1.63. The summed E-state index contributed by atoms with van der Waals surface area (Å²) in [5.74, 6) is 0.458. The van der Waals surface area contributed by atoms with Crippen molar-refractivity contribution in [3.05, 3.63) is 41.1 Å². The zero-order chi connectivity index (χ0) is 23.2. The van der Waals surface area contributed by atoms with Gasteiger partial charge in [0, 0.05) is 31.1 Å². The van der Waals surface area contributed by atoms with E-state index in [0.717, 1.165) is 43.9 Å². The van der Waals surface area contributed by atoms with Crippen LogP contribution in [-0.2, 0) is 32.1 Å². The summed E-state index contributed by atoms with van der Waals surface area (Å²) in [6, 6.07) is 8.45. The predicted molar refractivity (Wildman–Crippen MR) is 127 cm³/mol. The van der Waals surface area contributed by atoms with E-state index in [9.17, 15) is 8.42 Å². The Bertz CT molecular complexity index is 1020. The maximum Gasteiger partial charge on any atom is 0.239 e. The van der Waals surface area contributed by atoms with Crippen molar-refractivity contribution in [3.63, 3.8) is 0 Å². The molecule has 2 aromatic rings. The Morgan fingerprint density at radius 2 is 1.48 bits per heavy atom. The maximum atomic E-state index is 12.3. The summed E-state index contributed by atoms with van der Waals surface area (Å²) in [7, 11) is -3.81. The highest BCUT2D eigenvalue weighted by molar-refractivity contribution is 7.89. The average molecular weight is 447 g/mol. The van der Waals surface area contributed by atoms with Crippen molar-refractivity contribution in [2.45, 2.75) is 83.6 Å². The summed E-state index contributed by atoms with van der Waals surface area (Å²) in [4.78, 5) is 0.216. The lowest BCUT2D eigenvalue weighted by Gasteiger charge is -2.27. The standard InChI is InChI=1S/C25H38N2O3S/c1-17-23(31(26,28)29)15-22(27(17)16-18-8-10-30-11-9-18)19-12-20(24(2,3)4)14-21(13-19)25(5,6)7/h12-15,18H,8-11,16H2,1-7H3,(H2,26,28,29). The maximum absolute atomic E-state index is 12.3. The van der Waals surface area contributed by atoms with Gasteiger partial charge in [0.25, 0.3) is 0 Å². The molecule has 0 bridgehead atoms. The molecule has 6 heteroatoms. The summed E-state index contributed by atoms with van der Waals surface area (Å²) in [5, 5.41) is 5.59. The zero-order valence-corrected chi connectivity index (χ0v) is 20.9. The molecule has 1 saturated heterocycles. The summed E-state index contributed by atoms with van der Waals surface area (Å²) in [6.07, 6.45) is 1.97. The van der Waals surface area contributed by atoms with Gasteiger partial charge < -0.3 is 9.30 Å². The van der Waals surface area contributed by atoms with E-state index in [1.54, 1.807) is 6.07 Å². The lowest BCUT2D eigenvalue weighted by atomic mass is 9.79. The molecule has 0 spiro atoms. The molecule has 1 aliphatic heterocycles. The normalized spacial score (nSPS) is 16.6. The second-order valence-electron chi connectivity index (χ2n) is 11.0. The first-order valence-electron chi connectivity index (χ1n) is 11.1. The summed E-state index contributed by atoms with van der Waals surface area (Å²) < 4.78 is 32.4. The van der Waals surface area contributed by atoms with E-state index in [1.165, 1.54) is 11.1 Å². The molecule has 0 saturated carbocycles. The highest BCUT2D eigenvalue weighted by atomic mass is 32.2. The largest absolute Gasteiger partial charge is 0.381 e. The molecule has 31 heavy (non-hydrogen) atoms. The van der Waals surface area contributed by atoms with Crippen LogP contribution in [0, 0.1) is 12.8 Å². The number of benzene rings is 1. The second kappa shape index (κ2) is 8.38. The van der Waals surface area contributed by atoms with Crippen LogP contribution in [0.1, 0.15) is 71.2 Å².